The molecule has 0 aromatic heterocycles. The van der Waals surface area contributed by atoms with Crippen molar-refractivity contribution in [2.24, 2.45) is 0 Å². The lowest BCUT2D eigenvalue weighted by Gasteiger charge is -2.07. The Bertz CT molecular complexity index is 192. The van der Waals surface area contributed by atoms with Crippen LogP contribution in [0.4, 0.5) is 0 Å². The lowest BCUT2D eigenvalue weighted by Crippen LogP contribution is -2.07. The molecule has 108 valence electrons. The van der Waals surface area contributed by atoms with Crippen LogP contribution in [-0.2, 0) is 4.79 Å². The molecule has 0 rings (SSSR count). The molecule has 1 atom stereocenters. The van der Waals surface area contributed by atoms with Crippen molar-refractivity contribution < 1.29 is 4.79 Å². The first-order valence-electron chi connectivity index (χ1n) is 7.86. The van der Waals surface area contributed by atoms with Crippen LogP contribution in [0.2, 0.25) is 0 Å². The number of carbonyl (C=O) groups is 1. The number of carbonyl (C=O) groups excluding carboxylic acids is 1. The number of alkyl halides is 1. The average molecular weight is 319 g/mol. The first-order chi connectivity index (χ1) is 8.70. The molecule has 0 radical (unpaired) electrons. The van der Waals surface area contributed by atoms with Gasteiger partial charge in [0.25, 0.3) is 0 Å². The molecule has 0 heterocycles. The Morgan fingerprint density at radius 1 is 0.889 bits per heavy atom. The Balaban J connectivity index is 3.25. The second-order valence-corrected chi connectivity index (χ2v) is 6.65. The maximum Gasteiger partial charge on any atom is 0.134 e. The van der Waals surface area contributed by atoms with Crippen molar-refractivity contribution in [2.75, 3.05) is 0 Å². The summed E-state index contributed by atoms with van der Waals surface area (Å²) in [7, 11) is 0. The van der Waals surface area contributed by atoms with Crippen molar-refractivity contribution in [3.8, 4) is 0 Å². The summed E-state index contributed by atoms with van der Waals surface area (Å²) in [6.45, 7) is 4.42. The van der Waals surface area contributed by atoms with E-state index >= 15 is 0 Å². The van der Waals surface area contributed by atoms with Gasteiger partial charge in [-0.05, 0) is 12.8 Å². The molecule has 0 aliphatic heterocycles. The molecular weight excluding hydrogens is 288 g/mol. The lowest BCUT2D eigenvalue weighted by atomic mass is 10.0. The zero-order chi connectivity index (χ0) is 13.6. The Kier molecular flexibility index (Phi) is 13.7. The highest BCUT2D eigenvalue weighted by Crippen LogP contribution is 2.15. The van der Waals surface area contributed by atoms with E-state index in [0.29, 0.717) is 10.6 Å². The second-order valence-electron chi connectivity index (χ2n) is 5.35. The van der Waals surface area contributed by atoms with Crippen molar-refractivity contribution in [3.63, 3.8) is 0 Å². The predicted molar refractivity (Wildman–Crippen MR) is 84.5 cm³/mol. The summed E-state index contributed by atoms with van der Waals surface area (Å²) in [6.07, 6.45) is 14.2. The average Bonchev–Trinajstić information content (AvgIpc) is 2.32. The van der Waals surface area contributed by atoms with E-state index in [0.717, 1.165) is 32.1 Å². The summed E-state index contributed by atoms with van der Waals surface area (Å²) in [5.41, 5.74) is 0. The van der Waals surface area contributed by atoms with E-state index in [1.165, 1.54) is 44.9 Å². The van der Waals surface area contributed by atoms with Crippen LogP contribution >= 0.6 is 15.9 Å². The van der Waals surface area contributed by atoms with Crippen LogP contribution in [0.15, 0.2) is 0 Å². The minimum absolute atomic E-state index is 0.407. The van der Waals surface area contributed by atoms with Crippen LogP contribution in [0.1, 0.15) is 90.9 Å². The third-order valence-corrected chi connectivity index (χ3v) is 4.14. The monoisotopic (exact) mass is 318 g/mol. The highest BCUT2D eigenvalue weighted by molar-refractivity contribution is 9.09. The number of ketones is 1. The van der Waals surface area contributed by atoms with Gasteiger partial charge >= 0.3 is 0 Å². The first kappa shape index (κ1) is 18.1. The third kappa shape index (κ3) is 12.6. The third-order valence-electron chi connectivity index (χ3n) is 3.36. The summed E-state index contributed by atoms with van der Waals surface area (Å²) in [5.74, 6) is 0.441. The fourth-order valence-corrected chi connectivity index (χ4v) is 3.04. The molecule has 18 heavy (non-hydrogen) atoms. The van der Waals surface area contributed by atoms with E-state index in [9.17, 15) is 4.79 Å². The molecule has 2 heteroatoms. The second kappa shape index (κ2) is 13.6. The molecule has 1 nitrogen and oxygen atoms in total. The van der Waals surface area contributed by atoms with E-state index in [4.69, 9.17) is 0 Å². The smallest absolute Gasteiger partial charge is 0.134 e. The summed E-state index contributed by atoms with van der Waals surface area (Å²) >= 11 is 3.58. The molecule has 1 unspecified atom stereocenters. The van der Waals surface area contributed by atoms with Crippen LogP contribution < -0.4 is 0 Å². The fourth-order valence-electron chi connectivity index (χ4n) is 2.22. The van der Waals surface area contributed by atoms with Crippen LogP contribution in [0, 0.1) is 0 Å². The van der Waals surface area contributed by atoms with Gasteiger partial charge in [-0.25, -0.2) is 0 Å². The van der Waals surface area contributed by atoms with Gasteiger partial charge in [-0.1, -0.05) is 81.1 Å². The normalized spacial score (nSPS) is 12.6. The van der Waals surface area contributed by atoms with Gasteiger partial charge in [-0.15, -0.1) is 0 Å². The van der Waals surface area contributed by atoms with Crippen LogP contribution in [0.5, 0.6) is 0 Å². The van der Waals surface area contributed by atoms with E-state index in [2.05, 4.69) is 29.8 Å². The number of hydrogen-bond donors (Lipinski definition) is 0. The quantitative estimate of drug-likeness (QED) is 0.299. The molecule has 0 saturated heterocycles. The lowest BCUT2D eigenvalue weighted by molar-refractivity contribution is -0.119. The van der Waals surface area contributed by atoms with Crippen molar-refractivity contribution in [2.45, 2.75) is 95.7 Å². The molecular formula is C16H31BrO. The Labute approximate surface area is 122 Å². The van der Waals surface area contributed by atoms with Gasteiger partial charge in [0.15, 0.2) is 0 Å². The van der Waals surface area contributed by atoms with Gasteiger partial charge in [-0.2, -0.15) is 0 Å². The van der Waals surface area contributed by atoms with Gasteiger partial charge in [0.2, 0.25) is 0 Å². The van der Waals surface area contributed by atoms with Crippen molar-refractivity contribution in [3.05, 3.63) is 0 Å². The SMILES string of the molecule is CCCCCCCCCCC(=O)CC(Br)CCC. The maximum absolute atomic E-state index is 11.7. The topological polar surface area (TPSA) is 17.1 Å². The van der Waals surface area contributed by atoms with E-state index in [1.807, 2.05) is 0 Å². The number of Topliss-reactive ketones (excluding diaryl/α,β-unsaturated/α-hetero) is 1. The number of unbranched alkanes of at least 4 members (excludes halogenated alkanes) is 7. The largest absolute Gasteiger partial charge is 0.300 e. The molecule has 0 saturated carbocycles. The van der Waals surface area contributed by atoms with E-state index in [1.54, 1.807) is 0 Å². The molecule has 0 aliphatic rings. The summed E-state index contributed by atoms with van der Waals surface area (Å²) < 4.78 is 0. The fraction of sp³-hybridized carbons (Fsp3) is 0.938. The highest BCUT2D eigenvalue weighted by atomic mass is 79.9. The summed E-state index contributed by atoms with van der Waals surface area (Å²) in [6, 6.07) is 0. The molecule has 0 N–H and O–H groups in total. The molecule has 0 aromatic carbocycles. The number of rotatable bonds is 13. The summed E-state index contributed by atoms with van der Waals surface area (Å²) in [5, 5.41) is 0. The predicted octanol–water partition coefficient (Wildman–Crippen LogP) is 6.04. The van der Waals surface area contributed by atoms with Crippen LogP contribution in [0.25, 0.3) is 0 Å². The minimum Gasteiger partial charge on any atom is -0.300 e. The standard InChI is InChI=1S/C16H31BrO/c1-3-5-6-7-8-9-10-11-13-16(18)14-15(17)12-4-2/h15H,3-14H2,1-2H3. The van der Waals surface area contributed by atoms with E-state index < -0.39 is 0 Å². The zero-order valence-electron chi connectivity index (χ0n) is 12.3. The van der Waals surface area contributed by atoms with Gasteiger partial charge < -0.3 is 0 Å². The zero-order valence-corrected chi connectivity index (χ0v) is 13.9. The molecule has 0 spiro atoms. The van der Waals surface area contributed by atoms with Gasteiger partial charge in [-0.3, -0.25) is 4.79 Å². The number of hydrogen-bond acceptors (Lipinski definition) is 1. The van der Waals surface area contributed by atoms with Gasteiger partial charge in [0, 0.05) is 17.7 Å². The maximum atomic E-state index is 11.7. The molecule has 0 aliphatic carbocycles. The van der Waals surface area contributed by atoms with E-state index in [-0.39, 0.29) is 0 Å². The van der Waals surface area contributed by atoms with Crippen LogP contribution in [-0.4, -0.2) is 10.6 Å². The molecule has 0 fully saturated rings. The van der Waals surface area contributed by atoms with Crippen LogP contribution in [0.3, 0.4) is 0 Å². The Morgan fingerprint density at radius 2 is 1.44 bits per heavy atom. The van der Waals surface area contributed by atoms with Crippen molar-refractivity contribution in [1.29, 1.82) is 0 Å². The molecule has 0 aromatic rings. The van der Waals surface area contributed by atoms with Crippen molar-refractivity contribution >= 4 is 21.7 Å². The Morgan fingerprint density at radius 3 is 2.00 bits per heavy atom. The first-order valence-corrected chi connectivity index (χ1v) is 8.78. The minimum atomic E-state index is 0.407. The van der Waals surface area contributed by atoms with Gasteiger partial charge in [0.05, 0.1) is 0 Å². The molecule has 0 bridgehead atoms. The van der Waals surface area contributed by atoms with Gasteiger partial charge in [0.1, 0.15) is 5.78 Å². The number of halogens is 1. The highest BCUT2D eigenvalue weighted by Gasteiger charge is 2.09. The van der Waals surface area contributed by atoms with Crippen molar-refractivity contribution in [1.82, 2.24) is 0 Å². The molecule has 0 amide bonds. The Hall–Kier alpha value is 0.150. The summed E-state index contributed by atoms with van der Waals surface area (Å²) in [4.78, 5) is 12.1.